The lowest BCUT2D eigenvalue weighted by Crippen LogP contribution is -2.55. The Morgan fingerprint density at radius 3 is 2.52 bits per heavy atom. The second-order valence-corrected chi connectivity index (χ2v) is 7.63. The molecule has 11 nitrogen and oxygen atoms in total. The molecular weight excluding hydrogens is 406 g/mol. The van der Waals surface area contributed by atoms with E-state index in [-0.39, 0.29) is 38.0 Å². The molecule has 1 aromatic heterocycles. The van der Waals surface area contributed by atoms with E-state index in [1.54, 1.807) is 18.2 Å². The largest absolute Gasteiger partial charge is 0.390 e. The third-order valence-electron chi connectivity index (χ3n) is 5.66. The molecule has 2 atom stereocenters. The molecule has 0 aliphatic carbocycles. The number of anilines is 1. The van der Waals surface area contributed by atoms with E-state index in [0.29, 0.717) is 24.2 Å². The highest BCUT2D eigenvalue weighted by Crippen LogP contribution is 2.22. The average molecular weight is 436 g/mol. The fourth-order valence-corrected chi connectivity index (χ4v) is 3.51. The fraction of sp³-hybridized carbons (Fsp3) is 0.500. The van der Waals surface area contributed by atoms with Gasteiger partial charge in [0.2, 0.25) is 0 Å². The van der Waals surface area contributed by atoms with Gasteiger partial charge in [0.15, 0.2) is 0 Å². The van der Waals surface area contributed by atoms with Gasteiger partial charge in [-0.1, -0.05) is 18.2 Å². The Balaban J connectivity index is 2.07. The summed E-state index contributed by atoms with van der Waals surface area (Å²) in [6, 6.07) is 7.48. The van der Waals surface area contributed by atoms with E-state index in [2.05, 4.69) is 5.32 Å². The van der Waals surface area contributed by atoms with Gasteiger partial charge in [0.25, 0.3) is 11.2 Å². The molecule has 0 saturated heterocycles. The zero-order chi connectivity index (χ0) is 23.2. The molecule has 11 heteroatoms. The van der Waals surface area contributed by atoms with E-state index in [9.17, 15) is 30.0 Å². The summed E-state index contributed by atoms with van der Waals surface area (Å²) in [6.07, 6.45) is 0.868. The first-order valence-corrected chi connectivity index (χ1v) is 10.0. The number of hydrogen-bond acceptors (Lipinski definition) is 7. The molecule has 2 rings (SSSR count). The normalized spacial score (nSPS) is 14.1. The third-order valence-corrected chi connectivity index (χ3v) is 5.66. The number of nitrogens with one attached hydrogen (secondary N) is 1. The number of rotatable bonds is 11. The van der Waals surface area contributed by atoms with Crippen LogP contribution in [0.4, 0.5) is 11.5 Å². The molecule has 2 unspecified atom stereocenters. The smallest absolute Gasteiger partial charge is 0.332 e. The first kappa shape index (κ1) is 24.3. The van der Waals surface area contributed by atoms with Gasteiger partial charge in [0.05, 0.1) is 18.1 Å². The van der Waals surface area contributed by atoms with Crippen LogP contribution in [0.1, 0.15) is 18.9 Å². The number of nitro benzene ring substituents is 1. The van der Waals surface area contributed by atoms with Gasteiger partial charge in [-0.3, -0.25) is 24.0 Å². The first-order valence-electron chi connectivity index (χ1n) is 10.0. The molecule has 0 spiro atoms. The van der Waals surface area contributed by atoms with E-state index in [4.69, 9.17) is 0 Å². The maximum atomic E-state index is 12.0. The molecule has 0 aliphatic rings. The van der Waals surface area contributed by atoms with Crippen molar-refractivity contribution in [1.82, 2.24) is 9.13 Å². The number of aromatic nitrogens is 2. The minimum atomic E-state index is -0.465. The summed E-state index contributed by atoms with van der Waals surface area (Å²) in [4.78, 5) is 34.7. The lowest BCUT2D eigenvalue weighted by atomic mass is 10.0. The second kappa shape index (κ2) is 10.3. The van der Waals surface area contributed by atoms with Crippen LogP contribution in [0.2, 0.25) is 0 Å². The van der Waals surface area contributed by atoms with Crippen LogP contribution in [-0.4, -0.2) is 61.3 Å². The number of aliphatic hydroxyl groups excluding tert-OH is 1. The molecule has 1 heterocycles. The Bertz CT molecular complexity index is 1030. The van der Waals surface area contributed by atoms with Crippen molar-refractivity contribution >= 4 is 11.5 Å². The first-order chi connectivity index (χ1) is 14.6. The Kier molecular flexibility index (Phi) is 8.08. The topological polar surface area (TPSA) is 140 Å². The fourth-order valence-electron chi connectivity index (χ4n) is 3.51. The Morgan fingerprint density at radius 1 is 1.19 bits per heavy atom. The summed E-state index contributed by atoms with van der Waals surface area (Å²) in [6.45, 7) is 2.10. The number of benzene rings is 1. The summed E-state index contributed by atoms with van der Waals surface area (Å²) < 4.78 is 1.84. The van der Waals surface area contributed by atoms with Gasteiger partial charge >= 0.3 is 5.69 Å². The Labute approximate surface area is 179 Å². The van der Waals surface area contributed by atoms with Crippen molar-refractivity contribution in [2.45, 2.75) is 25.8 Å². The lowest BCUT2D eigenvalue weighted by Gasteiger charge is -2.35. The van der Waals surface area contributed by atoms with Crippen LogP contribution in [-0.2, 0) is 20.5 Å². The van der Waals surface area contributed by atoms with Crippen LogP contribution >= 0.6 is 0 Å². The number of aryl methyl sites for hydroxylation is 1. The van der Waals surface area contributed by atoms with Crippen molar-refractivity contribution in [2.75, 3.05) is 31.6 Å². The minimum Gasteiger partial charge on any atom is -0.390 e. The maximum Gasteiger partial charge on any atom is 0.332 e. The van der Waals surface area contributed by atoms with Crippen LogP contribution in [0.5, 0.6) is 0 Å². The summed E-state index contributed by atoms with van der Waals surface area (Å²) in [5.74, 6) is 0.330. The monoisotopic (exact) mass is 436 g/mol. The van der Waals surface area contributed by atoms with Gasteiger partial charge in [-0.25, -0.2) is 10.0 Å². The third kappa shape index (κ3) is 5.78. The van der Waals surface area contributed by atoms with Crippen LogP contribution < -0.4 is 16.6 Å². The van der Waals surface area contributed by atoms with E-state index in [1.807, 2.05) is 6.92 Å². The molecule has 0 fully saturated rings. The van der Waals surface area contributed by atoms with Crippen LogP contribution in [0.3, 0.4) is 0 Å². The highest BCUT2D eigenvalue weighted by Gasteiger charge is 2.32. The number of para-hydroxylation sites is 1. The SMILES string of the molecule is CC(CCc1ccccc1[N+](=O)[O-])[N+](O)(CCO)CCNc1cc(=O)n(C)c(=O)n1C. The van der Waals surface area contributed by atoms with Gasteiger partial charge in [-0.05, 0) is 13.3 Å². The molecule has 3 N–H and O–H groups in total. The predicted octanol–water partition coefficient (Wildman–Crippen LogP) is 0.624. The van der Waals surface area contributed by atoms with E-state index < -0.39 is 20.8 Å². The second-order valence-electron chi connectivity index (χ2n) is 7.63. The summed E-state index contributed by atoms with van der Waals surface area (Å²) in [5.41, 5.74) is -0.277. The van der Waals surface area contributed by atoms with E-state index in [1.165, 1.54) is 30.8 Å². The molecular formula is C20H30N5O6+. The number of aliphatic hydroxyl groups is 1. The Morgan fingerprint density at radius 2 is 1.87 bits per heavy atom. The molecule has 2 aromatic rings. The van der Waals surface area contributed by atoms with Crippen molar-refractivity contribution in [2.24, 2.45) is 14.1 Å². The van der Waals surface area contributed by atoms with Crippen molar-refractivity contribution in [3.63, 3.8) is 0 Å². The van der Waals surface area contributed by atoms with Gasteiger partial charge in [0.1, 0.15) is 24.9 Å². The summed E-state index contributed by atoms with van der Waals surface area (Å²) in [7, 11) is 2.93. The van der Waals surface area contributed by atoms with Crippen molar-refractivity contribution < 1.29 is 19.9 Å². The number of hydrogen-bond donors (Lipinski definition) is 3. The highest BCUT2D eigenvalue weighted by atomic mass is 16.6. The number of quaternary nitrogens is 1. The van der Waals surface area contributed by atoms with Gasteiger partial charge < -0.3 is 10.4 Å². The van der Waals surface area contributed by atoms with Crippen LogP contribution in [0.15, 0.2) is 39.9 Å². The molecule has 31 heavy (non-hydrogen) atoms. The molecule has 0 aliphatic heterocycles. The average Bonchev–Trinajstić information content (AvgIpc) is 2.74. The summed E-state index contributed by atoms with van der Waals surface area (Å²) >= 11 is 0. The van der Waals surface area contributed by atoms with E-state index in [0.717, 1.165) is 4.57 Å². The molecule has 0 radical (unpaired) electrons. The van der Waals surface area contributed by atoms with Crippen LogP contribution in [0.25, 0.3) is 0 Å². The van der Waals surface area contributed by atoms with E-state index >= 15 is 0 Å². The number of hydroxylamine groups is 3. The van der Waals surface area contributed by atoms with Gasteiger partial charge in [0, 0.05) is 38.2 Å². The molecule has 0 saturated carbocycles. The van der Waals surface area contributed by atoms with Crippen molar-refractivity contribution in [1.29, 1.82) is 0 Å². The number of nitrogens with zero attached hydrogens (tertiary/aromatic N) is 4. The standard InChI is InChI=1S/C20H29N5O6/c1-15(8-9-16-6-4-5-7-17(16)24(29)30)25(31,12-13-26)11-10-21-18-14-19(27)23(3)20(28)22(18)2/h4-7,14-15,26,31H,8-13H2,1-3H3/p+1. The lowest BCUT2D eigenvalue weighted by molar-refractivity contribution is -1.12. The molecule has 0 amide bonds. The van der Waals surface area contributed by atoms with Crippen molar-refractivity contribution in [3.8, 4) is 0 Å². The van der Waals surface area contributed by atoms with Gasteiger partial charge in [-0.15, -0.1) is 0 Å². The molecule has 0 bridgehead atoms. The van der Waals surface area contributed by atoms with Gasteiger partial charge in [-0.2, -0.15) is 4.65 Å². The highest BCUT2D eigenvalue weighted by molar-refractivity contribution is 5.39. The minimum absolute atomic E-state index is 0.0427. The predicted molar refractivity (Wildman–Crippen MR) is 115 cm³/mol. The van der Waals surface area contributed by atoms with Crippen LogP contribution in [0, 0.1) is 10.1 Å². The summed E-state index contributed by atoms with van der Waals surface area (Å²) in [5, 5.41) is 34.7. The molecule has 1 aromatic carbocycles. The Hall–Kier alpha value is -3.02. The maximum absolute atomic E-state index is 12.0. The zero-order valence-electron chi connectivity index (χ0n) is 18.0. The quantitative estimate of drug-likeness (QED) is 0.267. The van der Waals surface area contributed by atoms with Crippen molar-refractivity contribution in [3.05, 3.63) is 66.8 Å². The molecule has 170 valence electrons. The number of nitro groups is 1. The zero-order valence-corrected chi connectivity index (χ0v) is 18.0.